The van der Waals surface area contributed by atoms with E-state index in [0.717, 1.165) is 24.8 Å². The average molecular weight is 358 g/mol. The van der Waals surface area contributed by atoms with Crippen LogP contribution in [0.1, 0.15) is 75.6 Å². The van der Waals surface area contributed by atoms with E-state index in [1.54, 1.807) is 0 Å². The molecule has 5 heteroatoms. The van der Waals surface area contributed by atoms with Gasteiger partial charge in [0.15, 0.2) is 0 Å². The van der Waals surface area contributed by atoms with Gasteiger partial charge in [-0.05, 0) is 68.7 Å². The minimum Gasteiger partial charge on any atom is -0.444 e. The third-order valence-electron chi connectivity index (χ3n) is 5.38. The van der Waals surface area contributed by atoms with E-state index in [2.05, 4.69) is 17.3 Å². The third kappa shape index (κ3) is 4.19. The molecule has 26 heavy (non-hydrogen) atoms. The molecule has 1 aromatic rings. The van der Waals surface area contributed by atoms with Crippen molar-refractivity contribution in [1.82, 2.24) is 4.90 Å². The first-order valence-electron chi connectivity index (χ1n) is 9.69. The highest BCUT2D eigenvalue weighted by Gasteiger charge is 2.38. The summed E-state index contributed by atoms with van der Waals surface area (Å²) in [6, 6.07) is 6.19. The predicted octanol–water partition coefficient (Wildman–Crippen LogP) is 4.91. The van der Waals surface area contributed by atoms with Crippen LogP contribution in [0.25, 0.3) is 0 Å². The van der Waals surface area contributed by atoms with E-state index in [1.165, 1.54) is 36.6 Å². The van der Waals surface area contributed by atoms with Crippen molar-refractivity contribution in [3.05, 3.63) is 34.9 Å². The summed E-state index contributed by atoms with van der Waals surface area (Å²) in [5, 5.41) is 12.1. The molecule has 1 amide bonds. The summed E-state index contributed by atoms with van der Waals surface area (Å²) in [6.07, 6.45) is 8.05. The molecule has 0 spiro atoms. The Morgan fingerprint density at radius 2 is 2.00 bits per heavy atom. The highest BCUT2D eigenvalue weighted by Crippen LogP contribution is 2.42. The lowest BCUT2D eigenvalue weighted by Gasteiger charge is -2.43. The SMILES string of the molecule is CC(C)(C)OC(=O)N1CCc2ccc(C=NO)cc2C1C1CCCCC1. The summed E-state index contributed by atoms with van der Waals surface area (Å²) in [4.78, 5) is 14.9. The third-order valence-corrected chi connectivity index (χ3v) is 5.38. The van der Waals surface area contributed by atoms with Crippen LogP contribution in [0.4, 0.5) is 4.79 Å². The Morgan fingerprint density at radius 3 is 2.65 bits per heavy atom. The van der Waals surface area contributed by atoms with Gasteiger partial charge in [-0.15, -0.1) is 0 Å². The quantitative estimate of drug-likeness (QED) is 0.464. The summed E-state index contributed by atoms with van der Waals surface area (Å²) >= 11 is 0. The van der Waals surface area contributed by atoms with Crippen molar-refractivity contribution in [3.8, 4) is 0 Å². The molecule has 1 saturated carbocycles. The van der Waals surface area contributed by atoms with Crippen molar-refractivity contribution in [2.24, 2.45) is 11.1 Å². The van der Waals surface area contributed by atoms with Crippen LogP contribution in [0.15, 0.2) is 23.4 Å². The number of hydrogen-bond acceptors (Lipinski definition) is 4. The molecule has 1 fully saturated rings. The summed E-state index contributed by atoms with van der Waals surface area (Å²) < 4.78 is 5.71. The summed E-state index contributed by atoms with van der Waals surface area (Å²) in [7, 11) is 0. The molecule has 142 valence electrons. The topological polar surface area (TPSA) is 62.1 Å². The number of fused-ring (bicyclic) bond motifs is 1. The van der Waals surface area contributed by atoms with Crippen molar-refractivity contribution in [2.45, 2.75) is 70.9 Å². The molecule has 2 aliphatic rings. The minimum absolute atomic E-state index is 0.0425. The molecular weight excluding hydrogens is 328 g/mol. The molecule has 0 radical (unpaired) electrons. The first-order chi connectivity index (χ1) is 12.4. The molecule has 1 unspecified atom stereocenters. The van der Waals surface area contributed by atoms with Gasteiger partial charge < -0.3 is 14.8 Å². The van der Waals surface area contributed by atoms with Crippen LogP contribution in [-0.2, 0) is 11.2 Å². The van der Waals surface area contributed by atoms with Crippen LogP contribution in [-0.4, -0.2) is 34.6 Å². The first-order valence-corrected chi connectivity index (χ1v) is 9.69. The van der Waals surface area contributed by atoms with Gasteiger partial charge in [-0.2, -0.15) is 0 Å². The van der Waals surface area contributed by atoms with Gasteiger partial charge in [-0.3, -0.25) is 0 Å². The second-order valence-electron chi connectivity index (χ2n) is 8.47. The molecule has 0 bridgehead atoms. The minimum atomic E-state index is -0.500. The highest BCUT2D eigenvalue weighted by atomic mass is 16.6. The van der Waals surface area contributed by atoms with Crippen molar-refractivity contribution < 1.29 is 14.7 Å². The number of nitrogens with zero attached hydrogens (tertiary/aromatic N) is 2. The summed E-state index contributed by atoms with van der Waals surface area (Å²) in [5.41, 5.74) is 2.83. The van der Waals surface area contributed by atoms with Gasteiger partial charge in [0, 0.05) is 6.54 Å². The van der Waals surface area contributed by atoms with E-state index in [1.807, 2.05) is 31.7 Å². The maximum Gasteiger partial charge on any atom is 0.410 e. The van der Waals surface area contributed by atoms with Crippen LogP contribution < -0.4 is 0 Å². The van der Waals surface area contributed by atoms with Crippen LogP contribution in [0, 0.1) is 5.92 Å². The van der Waals surface area contributed by atoms with Gasteiger partial charge >= 0.3 is 6.09 Å². The fourth-order valence-corrected chi connectivity index (χ4v) is 4.29. The van der Waals surface area contributed by atoms with Crippen molar-refractivity contribution >= 4 is 12.3 Å². The highest BCUT2D eigenvalue weighted by molar-refractivity contribution is 5.80. The number of amides is 1. The molecule has 1 aromatic carbocycles. The molecule has 1 N–H and O–H groups in total. The Morgan fingerprint density at radius 1 is 1.27 bits per heavy atom. The maximum absolute atomic E-state index is 12.9. The van der Waals surface area contributed by atoms with Crippen LogP contribution in [0.3, 0.4) is 0 Å². The molecule has 3 rings (SSSR count). The molecule has 1 aliphatic carbocycles. The lowest BCUT2D eigenvalue weighted by molar-refractivity contribution is 0.00399. The van der Waals surface area contributed by atoms with Crippen molar-refractivity contribution in [3.63, 3.8) is 0 Å². The van der Waals surface area contributed by atoms with Gasteiger partial charge in [0.1, 0.15) is 5.60 Å². The Labute approximate surface area is 156 Å². The second-order valence-corrected chi connectivity index (χ2v) is 8.47. The largest absolute Gasteiger partial charge is 0.444 e. The lowest BCUT2D eigenvalue weighted by atomic mass is 9.77. The zero-order valence-electron chi connectivity index (χ0n) is 16.1. The van der Waals surface area contributed by atoms with Crippen LogP contribution in [0.2, 0.25) is 0 Å². The van der Waals surface area contributed by atoms with E-state index in [0.29, 0.717) is 12.5 Å². The molecule has 1 aliphatic heterocycles. The van der Waals surface area contributed by atoms with Gasteiger partial charge in [0.25, 0.3) is 0 Å². The number of rotatable bonds is 2. The lowest BCUT2D eigenvalue weighted by Crippen LogP contribution is -2.45. The van der Waals surface area contributed by atoms with Crippen molar-refractivity contribution in [2.75, 3.05) is 6.54 Å². The van der Waals surface area contributed by atoms with E-state index in [9.17, 15) is 4.79 Å². The summed E-state index contributed by atoms with van der Waals surface area (Å²) in [6.45, 7) is 6.42. The second kappa shape index (κ2) is 7.68. The van der Waals surface area contributed by atoms with E-state index in [4.69, 9.17) is 9.94 Å². The zero-order chi connectivity index (χ0) is 18.7. The normalized spacial score (nSPS) is 21.7. The molecule has 0 aromatic heterocycles. The van der Waals surface area contributed by atoms with Crippen LogP contribution >= 0.6 is 0 Å². The number of carbonyl (C=O) groups is 1. The summed E-state index contributed by atoms with van der Waals surface area (Å²) in [5.74, 6) is 0.455. The van der Waals surface area contributed by atoms with E-state index < -0.39 is 5.60 Å². The maximum atomic E-state index is 12.9. The molecular formula is C21H30N2O3. The number of oxime groups is 1. The fraction of sp³-hybridized carbons (Fsp3) is 0.619. The van der Waals surface area contributed by atoms with Gasteiger partial charge in [-0.1, -0.05) is 36.6 Å². The van der Waals surface area contributed by atoms with E-state index in [-0.39, 0.29) is 12.1 Å². The Hall–Kier alpha value is -2.04. The molecule has 0 saturated heterocycles. The van der Waals surface area contributed by atoms with Gasteiger partial charge in [-0.25, -0.2) is 4.79 Å². The molecule has 5 nitrogen and oxygen atoms in total. The predicted molar refractivity (Wildman–Crippen MR) is 102 cm³/mol. The monoisotopic (exact) mass is 358 g/mol. The van der Waals surface area contributed by atoms with Gasteiger partial charge in [0.2, 0.25) is 0 Å². The Bertz CT molecular complexity index is 672. The molecule has 1 atom stereocenters. The Kier molecular flexibility index (Phi) is 5.54. The number of ether oxygens (including phenoxy) is 1. The zero-order valence-corrected chi connectivity index (χ0v) is 16.1. The van der Waals surface area contributed by atoms with E-state index >= 15 is 0 Å². The standard InChI is InChI=1S/C21H30N2O3/c1-21(2,3)26-20(24)23-12-11-16-10-9-15(14-22-25)13-18(16)19(23)17-7-5-4-6-8-17/h9-10,13-14,17,19,25H,4-8,11-12H2,1-3H3. The van der Waals surface area contributed by atoms with Gasteiger partial charge in [0.05, 0.1) is 12.3 Å². The number of benzene rings is 1. The van der Waals surface area contributed by atoms with Crippen molar-refractivity contribution in [1.29, 1.82) is 0 Å². The Balaban J connectivity index is 1.97. The average Bonchev–Trinajstić information content (AvgIpc) is 2.60. The smallest absolute Gasteiger partial charge is 0.410 e. The fourth-order valence-electron chi connectivity index (χ4n) is 4.29. The first kappa shape index (κ1) is 18.7. The number of carbonyl (C=O) groups excluding carboxylic acids is 1. The number of hydrogen-bond donors (Lipinski definition) is 1. The van der Waals surface area contributed by atoms with Crippen LogP contribution in [0.5, 0.6) is 0 Å². The molecule has 1 heterocycles.